The number of benzene rings is 1. The minimum atomic E-state index is -3.10. The number of rotatable bonds is 3. The molecule has 1 unspecified atom stereocenters. The van der Waals surface area contributed by atoms with Crippen LogP contribution in [0.25, 0.3) is 11.4 Å². The first-order valence-corrected chi connectivity index (χ1v) is 8.22. The monoisotopic (exact) mass is 311 g/mol. The van der Waals surface area contributed by atoms with Crippen molar-refractivity contribution in [1.82, 2.24) is 20.2 Å². The average Bonchev–Trinajstić information content (AvgIpc) is 3.00. The first-order chi connectivity index (χ1) is 9.97. The molecule has 2 N–H and O–H groups in total. The van der Waals surface area contributed by atoms with Gasteiger partial charge in [-0.05, 0) is 41.5 Å². The Morgan fingerprint density at radius 2 is 2.24 bits per heavy atom. The molecule has 21 heavy (non-hydrogen) atoms. The van der Waals surface area contributed by atoms with E-state index in [4.69, 9.17) is 5.73 Å². The lowest BCUT2D eigenvalue weighted by Gasteiger charge is -2.11. The zero-order chi connectivity index (χ0) is 15.0. The van der Waals surface area contributed by atoms with Crippen molar-refractivity contribution in [3.8, 4) is 11.4 Å². The lowest BCUT2D eigenvalue weighted by atomic mass is 10.1. The number of tetrazole rings is 1. The lowest BCUT2D eigenvalue weighted by Crippen LogP contribution is -2.23. The zero-order valence-corrected chi connectivity index (χ0v) is 11.9. The van der Waals surface area contributed by atoms with E-state index in [-0.39, 0.29) is 18.1 Å². The summed E-state index contributed by atoms with van der Waals surface area (Å²) in [6.07, 6.45) is 1.23. The van der Waals surface area contributed by atoms with Crippen LogP contribution in [0.4, 0.5) is 10.1 Å². The van der Waals surface area contributed by atoms with Crippen LogP contribution in [0.1, 0.15) is 12.8 Å². The van der Waals surface area contributed by atoms with Crippen LogP contribution in [0.5, 0.6) is 0 Å². The fourth-order valence-electron chi connectivity index (χ4n) is 2.50. The molecule has 9 heteroatoms. The van der Waals surface area contributed by atoms with Gasteiger partial charge in [-0.3, -0.25) is 0 Å². The van der Waals surface area contributed by atoms with E-state index in [1.807, 2.05) is 0 Å². The third kappa shape index (κ3) is 2.60. The van der Waals surface area contributed by atoms with Gasteiger partial charge in [-0.25, -0.2) is 17.5 Å². The first kappa shape index (κ1) is 13.9. The highest BCUT2D eigenvalue weighted by Crippen LogP contribution is 2.27. The van der Waals surface area contributed by atoms with Crippen LogP contribution in [-0.4, -0.2) is 39.6 Å². The maximum absolute atomic E-state index is 13.4. The number of hydrogen-bond acceptors (Lipinski definition) is 6. The maximum Gasteiger partial charge on any atom is 0.184 e. The second-order valence-corrected chi connectivity index (χ2v) is 7.45. The van der Waals surface area contributed by atoms with Gasteiger partial charge in [0.25, 0.3) is 0 Å². The van der Waals surface area contributed by atoms with Crippen LogP contribution >= 0.6 is 0 Å². The van der Waals surface area contributed by atoms with Gasteiger partial charge in [0.15, 0.2) is 15.7 Å². The topological polar surface area (TPSA) is 104 Å². The molecule has 1 aliphatic heterocycles. The van der Waals surface area contributed by atoms with E-state index in [0.717, 1.165) is 0 Å². The third-order valence-corrected chi connectivity index (χ3v) is 5.89. The molecule has 1 aromatic heterocycles. The van der Waals surface area contributed by atoms with Gasteiger partial charge in [-0.2, -0.15) is 0 Å². The van der Waals surface area contributed by atoms with Crippen LogP contribution in [0.15, 0.2) is 18.2 Å². The summed E-state index contributed by atoms with van der Waals surface area (Å²) in [5.41, 5.74) is 6.51. The molecule has 1 fully saturated rings. The molecule has 2 heterocycles. The summed E-state index contributed by atoms with van der Waals surface area (Å²) >= 11 is 0. The Morgan fingerprint density at radius 3 is 2.95 bits per heavy atom. The number of halogens is 1. The molecule has 0 amide bonds. The van der Waals surface area contributed by atoms with Crippen LogP contribution in [0.3, 0.4) is 0 Å². The molecule has 1 saturated heterocycles. The minimum absolute atomic E-state index is 0.153. The second kappa shape index (κ2) is 5.06. The Morgan fingerprint density at radius 1 is 1.43 bits per heavy atom. The van der Waals surface area contributed by atoms with E-state index in [1.54, 1.807) is 0 Å². The fourth-order valence-corrected chi connectivity index (χ4v) is 4.30. The van der Waals surface area contributed by atoms with Gasteiger partial charge >= 0.3 is 0 Å². The predicted octanol–water partition coefficient (Wildman–Crippen LogP) is 0.639. The molecule has 2 aromatic rings. The molecule has 112 valence electrons. The number of hydrogen-bond donors (Lipinski definition) is 1. The van der Waals surface area contributed by atoms with Crippen molar-refractivity contribution in [2.45, 2.75) is 24.6 Å². The fraction of sp³-hybridized carbons (Fsp3) is 0.417. The van der Waals surface area contributed by atoms with Crippen LogP contribution in [-0.2, 0) is 16.4 Å². The average molecular weight is 311 g/mol. The third-order valence-electron chi connectivity index (χ3n) is 3.63. The van der Waals surface area contributed by atoms with E-state index < -0.39 is 20.9 Å². The highest BCUT2D eigenvalue weighted by molar-refractivity contribution is 7.92. The molecule has 1 atom stereocenters. The summed E-state index contributed by atoms with van der Waals surface area (Å²) in [5, 5.41) is 10.7. The molecule has 0 saturated carbocycles. The number of aromatic nitrogens is 4. The Hall–Kier alpha value is -2.03. The number of sulfone groups is 1. The van der Waals surface area contributed by atoms with E-state index in [1.165, 1.54) is 22.9 Å². The van der Waals surface area contributed by atoms with Crippen molar-refractivity contribution in [1.29, 1.82) is 0 Å². The Labute approximate surface area is 120 Å². The van der Waals surface area contributed by atoms with Crippen molar-refractivity contribution < 1.29 is 12.8 Å². The zero-order valence-electron chi connectivity index (χ0n) is 11.1. The lowest BCUT2D eigenvalue weighted by molar-refractivity contribution is 0.534. The van der Waals surface area contributed by atoms with Crippen molar-refractivity contribution in [2.24, 2.45) is 0 Å². The van der Waals surface area contributed by atoms with Crippen molar-refractivity contribution in [3.63, 3.8) is 0 Å². The van der Waals surface area contributed by atoms with Crippen LogP contribution in [0.2, 0.25) is 0 Å². The predicted molar refractivity (Wildman–Crippen MR) is 74.4 cm³/mol. The van der Waals surface area contributed by atoms with Crippen LogP contribution in [0, 0.1) is 5.82 Å². The molecule has 1 aliphatic rings. The van der Waals surface area contributed by atoms with Gasteiger partial charge in [0.05, 0.1) is 17.5 Å². The maximum atomic E-state index is 13.4. The van der Waals surface area contributed by atoms with E-state index >= 15 is 0 Å². The summed E-state index contributed by atoms with van der Waals surface area (Å²) in [6.45, 7) is 0.153. The molecular weight excluding hydrogens is 297 g/mol. The largest absolute Gasteiger partial charge is 0.398 e. The Bertz CT molecular complexity index is 774. The highest BCUT2D eigenvalue weighted by Gasteiger charge is 2.32. The van der Waals surface area contributed by atoms with E-state index in [9.17, 15) is 12.8 Å². The molecule has 1 aromatic carbocycles. The summed E-state index contributed by atoms with van der Waals surface area (Å²) in [6, 6.07) is 3.91. The molecule has 7 nitrogen and oxygen atoms in total. The molecule has 0 aliphatic carbocycles. The minimum Gasteiger partial charge on any atom is -0.398 e. The summed E-state index contributed by atoms with van der Waals surface area (Å²) < 4.78 is 38.5. The first-order valence-electron chi connectivity index (χ1n) is 6.50. The summed E-state index contributed by atoms with van der Waals surface area (Å²) in [5.74, 6) is 0.00775. The van der Waals surface area contributed by atoms with Crippen molar-refractivity contribution in [3.05, 3.63) is 24.0 Å². The number of nitrogens with zero attached hydrogens (tertiary/aromatic N) is 4. The van der Waals surface area contributed by atoms with E-state index in [0.29, 0.717) is 24.1 Å². The molecular formula is C12H14FN5O2S. The molecule has 0 radical (unpaired) electrons. The summed E-state index contributed by atoms with van der Waals surface area (Å²) in [7, 11) is -3.10. The van der Waals surface area contributed by atoms with Crippen molar-refractivity contribution in [2.75, 3.05) is 11.5 Å². The smallest absolute Gasteiger partial charge is 0.184 e. The Balaban J connectivity index is 1.96. The number of anilines is 1. The highest BCUT2D eigenvalue weighted by atomic mass is 32.2. The van der Waals surface area contributed by atoms with Gasteiger partial charge in [0.2, 0.25) is 0 Å². The SMILES string of the molecule is Nc1ccc(F)cc1-c1nnnn1CC1CCCS1(=O)=O. The molecule has 0 spiro atoms. The Kier molecular flexibility index (Phi) is 3.36. The van der Waals surface area contributed by atoms with Gasteiger partial charge in [-0.15, -0.1) is 5.10 Å². The number of nitrogen functional groups attached to an aromatic ring is 1. The van der Waals surface area contributed by atoms with Gasteiger partial charge in [0.1, 0.15) is 5.82 Å². The van der Waals surface area contributed by atoms with Gasteiger partial charge in [0, 0.05) is 11.3 Å². The van der Waals surface area contributed by atoms with E-state index in [2.05, 4.69) is 15.5 Å². The normalized spacial score (nSPS) is 20.7. The molecule has 0 bridgehead atoms. The standard InChI is InChI=1S/C12H14FN5O2S/c13-8-3-4-11(14)10(6-8)12-15-16-17-18(12)7-9-2-1-5-21(9,19)20/h3-4,6,9H,1-2,5,7,14H2. The quantitative estimate of drug-likeness (QED) is 0.834. The summed E-state index contributed by atoms with van der Waals surface area (Å²) in [4.78, 5) is 0. The molecule has 3 rings (SSSR count). The van der Waals surface area contributed by atoms with Crippen LogP contribution < -0.4 is 5.73 Å². The van der Waals surface area contributed by atoms with Gasteiger partial charge in [-0.1, -0.05) is 0 Å². The number of nitrogens with two attached hydrogens (primary N) is 1. The van der Waals surface area contributed by atoms with Gasteiger partial charge < -0.3 is 5.73 Å². The second-order valence-electron chi connectivity index (χ2n) is 5.05. The van der Waals surface area contributed by atoms with Crippen molar-refractivity contribution >= 4 is 15.5 Å².